The van der Waals surface area contributed by atoms with Crippen molar-refractivity contribution in [3.8, 4) is 6.07 Å². The summed E-state index contributed by atoms with van der Waals surface area (Å²) in [6.07, 6.45) is 4.11. The molecule has 144 valence electrons. The molecule has 2 aliphatic rings. The van der Waals surface area contributed by atoms with Gasteiger partial charge < -0.3 is 15.0 Å². The molecule has 0 spiro atoms. The van der Waals surface area contributed by atoms with Crippen molar-refractivity contribution >= 4 is 12.0 Å². The van der Waals surface area contributed by atoms with Gasteiger partial charge in [-0.15, -0.1) is 6.58 Å². The second-order valence-electron chi connectivity index (χ2n) is 8.41. The Morgan fingerprint density at radius 1 is 1.35 bits per heavy atom. The molecule has 1 N–H and O–H groups in total. The van der Waals surface area contributed by atoms with E-state index >= 15 is 0 Å². The summed E-state index contributed by atoms with van der Waals surface area (Å²) in [7, 11) is 0. The second-order valence-corrected chi connectivity index (χ2v) is 8.41. The maximum absolute atomic E-state index is 13.4. The molecule has 26 heavy (non-hydrogen) atoms. The molecule has 0 radical (unpaired) electrons. The van der Waals surface area contributed by atoms with Crippen molar-refractivity contribution in [3.63, 3.8) is 0 Å². The number of ether oxygens (including phenoxy) is 1. The first kappa shape index (κ1) is 20.3. The van der Waals surface area contributed by atoms with Crippen LogP contribution in [0.4, 0.5) is 4.79 Å². The van der Waals surface area contributed by atoms with Crippen LogP contribution in [0.3, 0.4) is 0 Å². The fourth-order valence-corrected chi connectivity index (χ4v) is 3.98. The Morgan fingerprint density at radius 3 is 2.42 bits per heavy atom. The van der Waals surface area contributed by atoms with Crippen molar-refractivity contribution < 1.29 is 14.3 Å². The largest absolute Gasteiger partial charge is 0.444 e. The molecule has 0 aromatic heterocycles. The molecular weight excluding hydrogens is 330 g/mol. The fourth-order valence-electron chi connectivity index (χ4n) is 3.98. The standard InChI is InChI=1S/C20H31N3O3/c1-7-20(8-2,9-3)16(22-18(25)26-19(4,5)6)17(24)23-14(12-21)10-13-11-15(13)23/h7,13-16H,1,8-11H2,2-6H3,(H,22,25)/t13-,14+,15+,16-/m1/s1. The van der Waals surface area contributed by atoms with Crippen molar-refractivity contribution in [3.05, 3.63) is 12.7 Å². The second kappa shape index (κ2) is 7.30. The summed E-state index contributed by atoms with van der Waals surface area (Å²) in [5.41, 5.74) is -1.24. The number of carbonyl (C=O) groups excluding carboxylic acids is 2. The zero-order valence-electron chi connectivity index (χ0n) is 16.5. The zero-order chi connectivity index (χ0) is 19.7. The van der Waals surface area contributed by atoms with Crippen LogP contribution in [0.2, 0.25) is 0 Å². The van der Waals surface area contributed by atoms with E-state index in [9.17, 15) is 14.9 Å². The highest BCUT2D eigenvalue weighted by Crippen LogP contribution is 2.48. The number of piperidine rings is 1. The molecule has 0 bridgehead atoms. The number of fused-ring (bicyclic) bond motifs is 1. The van der Waals surface area contributed by atoms with Gasteiger partial charge in [0, 0.05) is 11.5 Å². The van der Waals surface area contributed by atoms with Crippen LogP contribution in [-0.4, -0.2) is 40.6 Å². The highest BCUT2D eigenvalue weighted by molar-refractivity contribution is 5.88. The van der Waals surface area contributed by atoms with Crippen LogP contribution < -0.4 is 5.32 Å². The quantitative estimate of drug-likeness (QED) is 0.735. The number of amides is 2. The van der Waals surface area contributed by atoms with Gasteiger partial charge >= 0.3 is 6.09 Å². The van der Waals surface area contributed by atoms with Gasteiger partial charge in [0.05, 0.1) is 6.07 Å². The van der Waals surface area contributed by atoms with Gasteiger partial charge in [0.15, 0.2) is 0 Å². The zero-order valence-corrected chi connectivity index (χ0v) is 16.5. The van der Waals surface area contributed by atoms with E-state index in [4.69, 9.17) is 4.74 Å². The van der Waals surface area contributed by atoms with Crippen LogP contribution in [-0.2, 0) is 9.53 Å². The maximum Gasteiger partial charge on any atom is 0.408 e. The van der Waals surface area contributed by atoms with Crippen molar-refractivity contribution in [2.45, 2.75) is 84.0 Å². The Kier molecular flexibility index (Phi) is 5.70. The van der Waals surface area contributed by atoms with Crippen molar-refractivity contribution in [2.75, 3.05) is 0 Å². The first-order chi connectivity index (χ1) is 12.1. The number of hydrogen-bond donors (Lipinski definition) is 1. The molecule has 1 heterocycles. The molecule has 1 aliphatic heterocycles. The van der Waals surface area contributed by atoms with Crippen LogP contribution in [0, 0.1) is 22.7 Å². The Morgan fingerprint density at radius 2 is 1.96 bits per heavy atom. The van der Waals surface area contributed by atoms with Crippen LogP contribution in [0.5, 0.6) is 0 Å². The van der Waals surface area contributed by atoms with E-state index < -0.39 is 29.2 Å². The highest BCUT2D eigenvalue weighted by atomic mass is 16.6. The normalized spacial score (nSPS) is 25.7. The van der Waals surface area contributed by atoms with E-state index in [1.54, 1.807) is 31.7 Å². The molecular formula is C20H31N3O3. The Bertz CT molecular complexity index is 613. The minimum Gasteiger partial charge on any atom is -0.444 e. The summed E-state index contributed by atoms with van der Waals surface area (Å²) >= 11 is 0. The van der Waals surface area contributed by atoms with Gasteiger partial charge in [-0.25, -0.2) is 4.79 Å². The predicted octanol–water partition coefficient (Wildman–Crippen LogP) is 3.39. The highest BCUT2D eigenvalue weighted by Gasteiger charge is 2.56. The number of rotatable bonds is 6. The number of nitriles is 1. The molecule has 6 heteroatoms. The van der Waals surface area contributed by atoms with Crippen LogP contribution in [0.1, 0.15) is 60.3 Å². The number of alkyl carbamates (subject to hydrolysis) is 1. The predicted molar refractivity (Wildman–Crippen MR) is 99.1 cm³/mol. The topological polar surface area (TPSA) is 82.4 Å². The lowest BCUT2D eigenvalue weighted by Gasteiger charge is -2.39. The van der Waals surface area contributed by atoms with Gasteiger partial charge in [-0.05, 0) is 52.4 Å². The Labute approximate surface area is 156 Å². The smallest absolute Gasteiger partial charge is 0.408 e. The first-order valence-corrected chi connectivity index (χ1v) is 9.47. The van der Waals surface area contributed by atoms with Gasteiger partial charge in [-0.3, -0.25) is 4.79 Å². The maximum atomic E-state index is 13.4. The molecule has 1 aliphatic carbocycles. The van der Waals surface area contributed by atoms with Gasteiger partial charge in [0.1, 0.15) is 17.7 Å². The first-order valence-electron chi connectivity index (χ1n) is 9.47. The summed E-state index contributed by atoms with van der Waals surface area (Å²) < 4.78 is 5.38. The molecule has 6 nitrogen and oxygen atoms in total. The molecule has 0 aromatic carbocycles. The van der Waals surface area contributed by atoms with Gasteiger partial charge in [-0.1, -0.05) is 19.9 Å². The van der Waals surface area contributed by atoms with Crippen LogP contribution in [0.15, 0.2) is 12.7 Å². The minimum absolute atomic E-state index is 0.131. The molecule has 2 fully saturated rings. The third kappa shape index (κ3) is 3.87. The van der Waals surface area contributed by atoms with Crippen molar-refractivity contribution in [1.29, 1.82) is 5.26 Å². The van der Waals surface area contributed by atoms with Gasteiger partial charge in [-0.2, -0.15) is 5.26 Å². The SMILES string of the molecule is C=CC(CC)(CC)[C@H](NC(=O)OC(C)(C)C)C(=O)N1[C@H](C#N)C[C@@H]2C[C@@H]21. The monoisotopic (exact) mass is 361 g/mol. The number of nitrogens with zero attached hydrogens (tertiary/aromatic N) is 2. The van der Waals surface area contributed by atoms with Gasteiger partial charge in [0.25, 0.3) is 0 Å². The van der Waals surface area contributed by atoms with E-state index in [0.29, 0.717) is 18.8 Å². The number of likely N-dealkylation sites (tertiary alicyclic amines) is 1. The van der Waals surface area contributed by atoms with Crippen molar-refractivity contribution in [2.24, 2.45) is 11.3 Å². The van der Waals surface area contributed by atoms with Crippen LogP contribution >= 0.6 is 0 Å². The summed E-state index contributed by atoms with van der Waals surface area (Å²) in [6.45, 7) is 13.2. The van der Waals surface area contributed by atoms with E-state index in [1.165, 1.54) is 0 Å². The van der Waals surface area contributed by atoms with Crippen LogP contribution in [0.25, 0.3) is 0 Å². The number of hydrogen-bond acceptors (Lipinski definition) is 4. The number of carbonyl (C=O) groups is 2. The van der Waals surface area contributed by atoms with Crippen molar-refractivity contribution in [1.82, 2.24) is 10.2 Å². The molecule has 0 aromatic rings. The molecule has 1 saturated carbocycles. The minimum atomic E-state index is -0.792. The average molecular weight is 361 g/mol. The lowest BCUT2D eigenvalue weighted by Crippen LogP contribution is -2.58. The lowest BCUT2D eigenvalue weighted by atomic mass is 9.74. The Balaban J connectivity index is 2.31. The molecule has 0 unspecified atom stereocenters. The number of nitrogens with one attached hydrogen (secondary N) is 1. The Hall–Kier alpha value is -2.03. The third-order valence-corrected chi connectivity index (χ3v) is 5.71. The van der Waals surface area contributed by atoms with E-state index in [-0.39, 0.29) is 11.9 Å². The van der Waals surface area contributed by atoms with E-state index in [0.717, 1.165) is 12.8 Å². The molecule has 2 rings (SSSR count). The molecule has 2 amide bonds. The van der Waals surface area contributed by atoms with Gasteiger partial charge in [0.2, 0.25) is 5.91 Å². The summed E-state index contributed by atoms with van der Waals surface area (Å²) in [6, 6.07) is 1.17. The summed E-state index contributed by atoms with van der Waals surface area (Å²) in [5, 5.41) is 12.2. The molecule has 4 atom stereocenters. The lowest BCUT2D eigenvalue weighted by molar-refractivity contribution is -0.137. The van der Waals surface area contributed by atoms with E-state index in [1.807, 2.05) is 13.8 Å². The summed E-state index contributed by atoms with van der Waals surface area (Å²) in [4.78, 5) is 27.5. The summed E-state index contributed by atoms with van der Waals surface area (Å²) in [5.74, 6) is 0.225. The fraction of sp³-hybridized carbons (Fsp3) is 0.750. The molecule has 1 saturated heterocycles. The third-order valence-electron chi connectivity index (χ3n) is 5.71. The van der Waals surface area contributed by atoms with E-state index in [2.05, 4.69) is 18.0 Å². The average Bonchev–Trinajstić information content (AvgIpc) is 3.23.